The van der Waals surface area contributed by atoms with Crippen molar-refractivity contribution in [2.75, 3.05) is 5.73 Å². The summed E-state index contributed by atoms with van der Waals surface area (Å²) in [6, 6.07) is 19.4. The zero-order valence-electron chi connectivity index (χ0n) is 17.3. The molecule has 0 radical (unpaired) electrons. The molecular weight excluding hydrogens is 420 g/mol. The molecule has 3 aromatic heterocycles. The summed E-state index contributed by atoms with van der Waals surface area (Å²) in [7, 11) is 0. The van der Waals surface area contributed by atoms with Gasteiger partial charge in [0.25, 0.3) is 5.91 Å². The van der Waals surface area contributed by atoms with Gasteiger partial charge in [0, 0.05) is 4.88 Å². The molecule has 0 aliphatic heterocycles. The fourth-order valence-corrected chi connectivity index (χ4v) is 4.08. The summed E-state index contributed by atoms with van der Waals surface area (Å²) >= 11 is 1.58. The Morgan fingerprint density at radius 2 is 1.84 bits per heavy atom. The molecule has 2 aromatic carbocycles. The summed E-state index contributed by atoms with van der Waals surface area (Å²) < 4.78 is 1.48. The molecule has 0 saturated heterocycles. The van der Waals surface area contributed by atoms with E-state index >= 15 is 0 Å². The summed E-state index contributed by atoms with van der Waals surface area (Å²) in [5, 5.41) is 9.45. The van der Waals surface area contributed by atoms with E-state index in [2.05, 4.69) is 10.4 Å². The van der Waals surface area contributed by atoms with E-state index in [9.17, 15) is 4.79 Å². The Labute approximate surface area is 188 Å². The topological polar surface area (TPSA) is 98.2 Å². The molecule has 0 saturated carbocycles. The van der Waals surface area contributed by atoms with Crippen LogP contribution in [-0.4, -0.2) is 26.8 Å². The molecule has 1 amide bonds. The first-order chi connectivity index (χ1) is 15.6. The predicted octanol–water partition coefficient (Wildman–Crippen LogP) is 4.35. The number of anilines is 1. The summed E-state index contributed by atoms with van der Waals surface area (Å²) in [5.74, 6) is -0.114. The van der Waals surface area contributed by atoms with Crippen molar-refractivity contribution in [3.8, 4) is 0 Å². The van der Waals surface area contributed by atoms with Gasteiger partial charge in [0.1, 0.15) is 16.9 Å². The van der Waals surface area contributed by atoms with E-state index in [1.165, 1.54) is 4.68 Å². The molecule has 0 spiro atoms. The van der Waals surface area contributed by atoms with Gasteiger partial charge in [-0.1, -0.05) is 48.0 Å². The third-order valence-corrected chi connectivity index (χ3v) is 5.98. The first kappa shape index (κ1) is 19.9. The van der Waals surface area contributed by atoms with Crippen LogP contribution in [0.3, 0.4) is 0 Å². The lowest BCUT2D eigenvalue weighted by atomic mass is 10.2. The number of nitrogens with one attached hydrogen (secondary N) is 1. The summed E-state index contributed by atoms with van der Waals surface area (Å²) in [4.78, 5) is 23.6. The second-order valence-corrected chi connectivity index (χ2v) is 8.41. The van der Waals surface area contributed by atoms with Crippen LogP contribution in [0.1, 0.15) is 26.4 Å². The molecular formula is C24H20N6OS. The van der Waals surface area contributed by atoms with Crippen molar-refractivity contribution in [2.24, 2.45) is 5.10 Å². The van der Waals surface area contributed by atoms with Crippen molar-refractivity contribution in [1.82, 2.24) is 20.0 Å². The average Bonchev–Trinajstić information content (AvgIpc) is 3.41. The number of rotatable bonds is 5. The number of aryl methyl sites for hydroxylation is 1. The Balaban J connectivity index is 1.61. The minimum Gasteiger partial charge on any atom is -0.383 e. The number of nitrogens with zero attached hydrogens (tertiary/aromatic N) is 4. The van der Waals surface area contributed by atoms with Crippen LogP contribution in [0.4, 0.5) is 5.82 Å². The largest absolute Gasteiger partial charge is 0.383 e. The van der Waals surface area contributed by atoms with Gasteiger partial charge in [-0.3, -0.25) is 4.79 Å². The van der Waals surface area contributed by atoms with Crippen molar-refractivity contribution < 1.29 is 4.79 Å². The molecule has 5 aromatic rings. The third kappa shape index (κ3) is 3.72. The van der Waals surface area contributed by atoms with Crippen molar-refractivity contribution in [3.05, 3.63) is 87.6 Å². The molecule has 3 N–H and O–H groups in total. The number of nitrogen functional groups attached to an aromatic ring is 1. The zero-order chi connectivity index (χ0) is 22.1. The van der Waals surface area contributed by atoms with E-state index in [4.69, 9.17) is 15.7 Å². The highest BCUT2D eigenvalue weighted by Gasteiger charge is 2.24. The molecule has 0 bridgehead atoms. The quantitative estimate of drug-likeness (QED) is 0.397. The van der Waals surface area contributed by atoms with E-state index in [0.717, 1.165) is 16.0 Å². The Hall–Kier alpha value is -4.04. The van der Waals surface area contributed by atoms with Crippen LogP contribution < -0.4 is 11.1 Å². The highest BCUT2D eigenvalue weighted by atomic mass is 32.1. The number of thiophene rings is 1. The van der Waals surface area contributed by atoms with Crippen molar-refractivity contribution >= 4 is 51.5 Å². The number of nitrogens with two attached hydrogens (primary N) is 1. The van der Waals surface area contributed by atoms with Crippen LogP contribution in [0.5, 0.6) is 0 Å². The first-order valence-electron chi connectivity index (χ1n) is 10.1. The van der Waals surface area contributed by atoms with Crippen LogP contribution in [0.25, 0.3) is 22.2 Å². The molecule has 158 valence electrons. The van der Waals surface area contributed by atoms with Gasteiger partial charge in [-0.05, 0) is 36.1 Å². The van der Waals surface area contributed by atoms with E-state index < -0.39 is 0 Å². The lowest BCUT2D eigenvalue weighted by Crippen LogP contribution is -2.23. The lowest BCUT2D eigenvalue weighted by Gasteiger charge is -2.04. The van der Waals surface area contributed by atoms with Gasteiger partial charge in [0.2, 0.25) is 0 Å². The summed E-state index contributed by atoms with van der Waals surface area (Å²) in [6.45, 7) is 2.44. The molecule has 0 unspecified atom stereocenters. The fourth-order valence-electron chi connectivity index (χ4n) is 3.43. The van der Waals surface area contributed by atoms with E-state index in [0.29, 0.717) is 28.7 Å². The second-order valence-electron chi connectivity index (χ2n) is 7.37. The number of benzene rings is 2. The van der Waals surface area contributed by atoms with Crippen LogP contribution in [0.15, 0.2) is 71.1 Å². The van der Waals surface area contributed by atoms with E-state index in [1.54, 1.807) is 17.6 Å². The number of carbonyl (C=O) groups excluding carboxylic acids is 1. The monoisotopic (exact) mass is 440 g/mol. The zero-order valence-corrected chi connectivity index (χ0v) is 18.1. The highest BCUT2D eigenvalue weighted by molar-refractivity contribution is 7.09. The minimum atomic E-state index is -0.310. The number of carbonyl (C=O) groups is 1. The number of para-hydroxylation sites is 2. The molecule has 0 fully saturated rings. The predicted molar refractivity (Wildman–Crippen MR) is 129 cm³/mol. The molecule has 0 aliphatic carbocycles. The Morgan fingerprint density at radius 1 is 1.09 bits per heavy atom. The smallest absolute Gasteiger partial charge is 0.257 e. The molecule has 3 heterocycles. The second kappa shape index (κ2) is 8.24. The van der Waals surface area contributed by atoms with Crippen LogP contribution in [0, 0.1) is 6.92 Å². The fraction of sp³-hybridized carbons (Fsp3) is 0.0833. The van der Waals surface area contributed by atoms with Gasteiger partial charge < -0.3 is 11.1 Å². The van der Waals surface area contributed by atoms with Crippen molar-refractivity contribution in [1.29, 1.82) is 0 Å². The average molecular weight is 441 g/mol. The van der Waals surface area contributed by atoms with Gasteiger partial charge >= 0.3 is 0 Å². The first-order valence-corrected chi connectivity index (χ1v) is 11.0. The van der Waals surface area contributed by atoms with Gasteiger partial charge in [-0.15, -0.1) is 11.3 Å². The highest BCUT2D eigenvalue weighted by Crippen LogP contribution is 2.28. The standard InChI is InChI=1S/C24H20N6OS/c1-15-8-10-16(11-9-15)13-27-30-22(25)20(24(31)26-14-17-5-4-12-32-17)21-23(30)29-19-7-3-2-6-18(19)28-21/h2-13H,14,25H2,1H3,(H,26,31)/b27-13+. The molecule has 0 atom stereocenters. The Bertz CT molecular complexity index is 1450. The molecule has 32 heavy (non-hydrogen) atoms. The van der Waals surface area contributed by atoms with Crippen LogP contribution in [0.2, 0.25) is 0 Å². The molecule has 8 heteroatoms. The lowest BCUT2D eigenvalue weighted by molar-refractivity contribution is 0.0953. The maximum Gasteiger partial charge on any atom is 0.257 e. The Kier molecular flexibility index (Phi) is 5.12. The number of aromatic nitrogens is 3. The summed E-state index contributed by atoms with van der Waals surface area (Å²) in [5.41, 5.74) is 11.0. The number of hydrogen-bond donors (Lipinski definition) is 2. The van der Waals surface area contributed by atoms with Crippen molar-refractivity contribution in [3.63, 3.8) is 0 Å². The van der Waals surface area contributed by atoms with Crippen LogP contribution >= 0.6 is 11.3 Å². The van der Waals surface area contributed by atoms with Crippen molar-refractivity contribution in [2.45, 2.75) is 13.5 Å². The van der Waals surface area contributed by atoms with Crippen LogP contribution in [-0.2, 0) is 6.54 Å². The van der Waals surface area contributed by atoms with Gasteiger partial charge in [-0.25, -0.2) is 9.97 Å². The van der Waals surface area contributed by atoms with E-state index in [-0.39, 0.29) is 17.3 Å². The normalized spacial score (nSPS) is 11.5. The molecule has 5 rings (SSSR count). The molecule has 0 aliphatic rings. The maximum atomic E-state index is 13.1. The maximum absolute atomic E-state index is 13.1. The minimum absolute atomic E-state index is 0.197. The number of fused-ring (bicyclic) bond motifs is 2. The van der Waals surface area contributed by atoms with Gasteiger partial charge in [0.05, 0.1) is 23.8 Å². The Morgan fingerprint density at radius 3 is 2.56 bits per heavy atom. The van der Waals surface area contributed by atoms with Gasteiger partial charge in [0.15, 0.2) is 5.65 Å². The molecule has 7 nitrogen and oxygen atoms in total. The van der Waals surface area contributed by atoms with E-state index in [1.807, 2.05) is 73.0 Å². The summed E-state index contributed by atoms with van der Waals surface area (Å²) in [6.07, 6.45) is 1.69. The SMILES string of the molecule is Cc1ccc(/C=N/n2c(N)c(C(=O)NCc3cccs3)c3nc4ccccc4nc32)cc1. The van der Waals surface area contributed by atoms with Gasteiger partial charge in [-0.2, -0.15) is 9.78 Å². The number of amides is 1. The number of hydrogen-bond acceptors (Lipinski definition) is 6. The third-order valence-electron chi connectivity index (χ3n) is 5.10.